The van der Waals surface area contributed by atoms with Gasteiger partial charge < -0.3 is 9.84 Å². The Morgan fingerprint density at radius 1 is 1.53 bits per heavy atom. The summed E-state index contributed by atoms with van der Waals surface area (Å²) in [4.78, 5) is 11.7. The number of carbonyl (C=O) groups is 1. The lowest BCUT2D eigenvalue weighted by Gasteiger charge is -2.20. The van der Waals surface area contributed by atoms with E-state index in [2.05, 4.69) is 0 Å². The molecule has 84 valence electrons. The van der Waals surface area contributed by atoms with Crippen LogP contribution in [0.5, 0.6) is 0 Å². The second-order valence-electron chi connectivity index (χ2n) is 4.12. The Kier molecular flexibility index (Phi) is 3.77. The lowest BCUT2D eigenvalue weighted by Crippen LogP contribution is -2.28. The highest BCUT2D eigenvalue weighted by Crippen LogP contribution is 2.16. The number of hydrogen-bond acceptors (Lipinski definition) is 3. The first-order valence-electron chi connectivity index (χ1n) is 4.55. The zero-order chi connectivity index (χ0) is 11.6. The van der Waals surface area contributed by atoms with Gasteiger partial charge in [0.1, 0.15) is 5.60 Å². The summed E-state index contributed by atoms with van der Waals surface area (Å²) in [6, 6.07) is 3.46. The fourth-order valence-corrected chi connectivity index (χ4v) is 1.77. The molecule has 0 fully saturated rings. The number of aliphatic hydroxyl groups is 1. The summed E-state index contributed by atoms with van der Waals surface area (Å²) < 4.78 is 7.31. The van der Waals surface area contributed by atoms with Crippen LogP contribution in [0.15, 0.2) is 12.1 Å². The SMILES string of the molecule is CC(C)(C)OC(=O)n1c(I)ccc1CO. The number of aliphatic hydroxyl groups excluding tert-OH is 1. The zero-order valence-corrected chi connectivity index (χ0v) is 11.1. The molecule has 0 saturated heterocycles. The van der Waals surface area contributed by atoms with Crippen molar-refractivity contribution in [1.29, 1.82) is 0 Å². The Bertz CT molecular complexity index is 365. The van der Waals surface area contributed by atoms with E-state index in [9.17, 15) is 4.79 Å². The zero-order valence-electron chi connectivity index (χ0n) is 8.95. The average molecular weight is 323 g/mol. The van der Waals surface area contributed by atoms with Crippen LogP contribution in [0, 0.1) is 3.70 Å². The van der Waals surface area contributed by atoms with Crippen LogP contribution in [-0.2, 0) is 11.3 Å². The van der Waals surface area contributed by atoms with Gasteiger partial charge in [0.2, 0.25) is 0 Å². The molecule has 15 heavy (non-hydrogen) atoms. The molecule has 0 atom stereocenters. The summed E-state index contributed by atoms with van der Waals surface area (Å²) in [5.74, 6) is 0. The van der Waals surface area contributed by atoms with Crippen molar-refractivity contribution in [3.05, 3.63) is 21.5 Å². The summed E-state index contributed by atoms with van der Waals surface area (Å²) >= 11 is 2.02. The van der Waals surface area contributed by atoms with Gasteiger partial charge in [0, 0.05) is 0 Å². The molecule has 0 aliphatic rings. The highest BCUT2D eigenvalue weighted by atomic mass is 127. The lowest BCUT2D eigenvalue weighted by atomic mass is 10.2. The standard InChI is InChI=1S/C10H14INO3/c1-10(2,3)15-9(14)12-7(6-13)4-5-8(12)11/h4-5,13H,6H2,1-3H3. The number of halogens is 1. The predicted octanol–water partition coefficient (Wildman–Crippen LogP) is 2.37. The maximum Gasteiger partial charge on any atom is 0.419 e. The van der Waals surface area contributed by atoms with Gasteiger partial charge in [0.15, 0.2) is 0 Å². The van der Waals surface area contributed by atoms with E-state index in [1.807, 2.05) is 22.6 Å². The van der Waals surface area contributed by atoms with E-state index >= 15 is 0 Å². The van der Waals surface area contributed by atoms with Gasteiger partial charge >= 0.3 is 6.09 Å². The molecule has 1 aromatic heterocycles. The Morgan fingerprint density at radius 3 is 2.60 bits per heavy atom. The monoisotopic (exact) mass is 323 g/mol. The number of nitrogens with zero attached hydrogens (tertiary/aromatic N) is 1. The molecule has 0 saturated carbocycles. The minimum absolute atomic E-state index is 0.178. The molecule has 4 nitrogen and oxygen atoms in total. The van der Waals surface area contributed by atoms with Crippen LogP contribution in [0.25, 0.3) is 0 Å². The summed E-state index contributed by atoms with van der Waals surface area (Å²) in [7, 11) is 0. The average Bonchev–Trinajstić information content (AvgIpc) is 2.43. The van der Waals surface area contributed by atoms with Crippen molar-refractivity contribution in [1.82, 2.24) is 4.57 Å². The Morgan fingerprint density at radius 2 is 2.13 bits per heavy atom. The van der Waals surface area contributed by atoms with Crippen LogP contribution in [-0.4, -0.2) is 21.4 Å². The summed E-state index contributed by atoms with van der Waals surface area (Å²) in [5.41, 5.74) is 0.00519. The highest BCUT2D eigenvalue weighted by molar-refractivity contribution is 14.1. The van der Waals surface area contributed by atoms with E-state index in [0.29, 0.717) is 5.69 Å². The quantitative estimate of drug-likeness (QED) is 0.807. The van der Waals surface area contributed by atoms with Crippen molar-refractivity contribution < 1.29 is 14.6 Å². The van der Waals surface area contributed by atoms with Crippen LogP contribution < -0.4 is 0 Å². The number of rotatable bonds is 1. The molecule has 0 unspecified atom stereocenters. The third-order valence-electron chi connectivity index (χ3n) is 1.65. The van der Waals surface area contributed by atoms with E-state index in [0.717, 1.165) is 3.70 Å². The molecule has 0 aliphatic heterocycles. The van der Waals surface area contributed by atoms with Crippen LogP contribution >= 0.6 is 22.6 Å². The fraction of sp³-hybridized carbons (Fsp3) is 0.500. The molecule has 1 aromatic rings. The minimum Gasteiger partial charge on any atom is -0.443 e. The van der Waals surface area contributed by atoms with Crippen molar-refractivity contribution in [3.8, 4) is 0 Å². The van der Waals surface area contributed by atoms with E-state index in [1.54, 1.807) is 32.9 Å². The van der Waals surface area contributed by atoms with Gasteiger partial charge in [-0.3, -0.25) is 0 Å². The molecule has 0 aromatic carbocycles. The normalized spacial score (nSPS) is 11.5. The topological polar surface area (TPSA) is 51.5 Å². The molecule has 1 heterocycles. The van der Waals surface area contributed by atoms with Gasteiger partial charge in [0.25, 0.3) is 0 Å². The summed E-state index contributed by atoms with van der Waals surface area (Å²) in [6.45, 7) is 5.24. The van der Waals surface area contributed by atoms with Gasteiger partial charge in [-0.15, -0.1) is 0 Å². The predicted molar refractivity (Wildman–Crippen MR) is 64.7 cm³/mol. The van der Waals surface area contributed by atoms with Crippen LogP contribution in [0.4, 0.5) is 4.79 Å². The molecule has 0 spiro atoms. The largest absolute Gasteiger partial charge is 0.443 e. The van der Waals surface area contributed by atoms with E-state index < -0.39 is 11.7 Å². The van der Waals surface area contributed by atoms with E-state index in [1.165, 1.54) is 4.57 Å². The van der Waals surface area contributed by atoms with E-state index in [-0.39, 0.29) is 6.61 Å². The molecular formula is C10H14INO3. The van der Waals surface area contributed by atoms with Gasteiger partial charge in [-0.2, -0.15) is 0 Å². The molecule has 5 heteroatoms. The summed E-state index contributed by atoms with van der Waals surface area (Å²) in [5, 5.41) is 9.05. The van der Waals surface area contributed by atoms with Crippen molar-refractivity contribution in [2.75, 3.05) is 0 Å². The van der Waals surface area contributed by atoms with Crippen molar-refractivity contribution in [2.45, 2.75) is 33.0 Å². The molecule has 1 rings (SSSR count). The number of hydrogen-bond donors (Lipinski definition) is 1. The van der Waals surface area contributed by atoms with Crippen molar-refractivity contribution >= 4 is 28.7 Å². The fourth-order valence-electron chi connectivity index (χ4n) is 1.09. The molecule has 0 aliphatic carbocycles. The smallest absolute Gasteiger partial charge is 0.419 e. The molecule has 0 radical (unpaired) electrons. The third kappa shape index (κ3) is 3.20. The number of aromatic nitrogens is 1. The van der Waals surface area contributed by atoms with Gasteiger partial charge in [-0.1, -0.05) is 0 Å². The molecule has 1 N–H and O–H groups in total. The maximum absolute atomic E-state index is 11.7. The van der Waals surface area contributed by atoms with Crippen molar-refractivity contribution in [2.24, 2.45) is 0 Å². The Hall–Kier alpha value is -0.560. The number of carbonyl (C=O) groups excluding carboxylic acids is 1. The molecule has 0 amide bonds. The van der Waals surface area contributed by atoms with Gasteiger partial charge in [-0.05, 0) is 55.5 Å². The minimum atomic E-state index is -0.531. The maximum atomic E-state index is 11.7. The first kappa shape index (κ1) is 12.5. The van der Waals surface area contributed by atoms with Gasteiger partial charge in [0.05, 0.1) is 16.0 Å². The van der Waals surface area contributed by atoms with Gasteiger partial charge in [-0.25, -0.2) is 9.36 Å². The third-order valence-corrected chi connectivity index (χ3v) is 2.49. The van der Waals surface area contributed by atoms with E-state index in [4.69, 9.17) is 9.84 Å². The second kappa shape index (κ2) is 4.52. The van der Waals surface area contributed by atoms with Crippen LogP contribution in [0.2, 0.25) is 0 Å². The molecule has 0 bridgehead atoms. The summed E-state index contributed by atoms with van der Waals surface area (Å²) in [6.07, 6.45) is -0.457. The number of ether oxygens (including phenoxy) is 1. The van der Waals surface area contributed by atoms with Crippen molar-refractivity contribution in [3.63, 3.8) is 0 Å². The lowest BCUT2D eigenvalue weighted by molar-refractivity contribution is 0.0521. The molecular weight excluding hydrogens is 309 g/mol. The Labute approximate surface area is 102 Å². The highest BCUT2D eigenvalue weighted by Gasteiger charge is 2.20. The second-order valence-corrected chi connectivity index (χ2v) is 5.23. The first-order valence-corrected chi connectivity index (χ1v) is 5.63. The Balaban J connectivity index is 2.95. The van der Waals surface area contributed by atoms with Crippen LogP contribution in [0.3, 0.4) is 0 Å². The van der Waals surface area contributed by atoms with Crippen LogP contribution in [0.1, 0.15) is 26.5 Å². The first-order chi connectivity index (χ1) is 6.85.